The fraction of sp³-hybridized carbons (Fsp3) is 0.357. The van der Waals surface area contributed by atoms with Gasteiger partial charge in [0.2, 0.25) is 5.91 Å². The Kier molecular flexibility index (Phi) is 5.14. The van der Waals surface area contributed by atoms with Gasteiger partial charge in [-0.25, -0.2) is 0 Å². The zero-order valence-electron chi connectivity index (χ0n) is 11.7. The minimum Gasteiger partial charge on any atom is -0.349 e. The Labute approximate surface area is 127 Å². The van der Waals surface area contributed by atoms with Gasteiger partial charge in [-0.2, -0.15) is 0 Å². The Morgan fingerprint density at radius 3 is 2.85 bits per heavy atom. The summed E-state index contributed by atoms with van der Waals surface area (Å²) in [6.07, 6.45) is 0. The number of thioether (sulfide) groups is 1. The van der Waals surface area contributed by atoms with Gasteiger partial charge in [-0.1, -0.05) is 41.3 Å². The summed E-state index contributed by atoms with van der Waals surface area (Å²) in [5.41, 5.74) is 5.30. The lowest BCUT2D eigenvalue weighted by molar-refractivity contribution is -0.119. The van der Waals surface area contributed by atoms with Crippen molar-refractivity contribution in [1.29, 1.82) is 0 Å². The van der Waals surface area contributed by atoms with Crippen molar-refractivity contribution in [2.24, 2.45) is 0 Å². The van der Waals surface area contributed by atoms with E-state index in [2.05, 4.69) is 47.6 Å². The van der Waals surface area contributed by atoms with E-state index in [0.717, 1.165) is 9.90 Å². The van der Waals surface area contributed by atoms with Crippen LogP contribution in [0.3, 0.4) is 0 Å². The summed E-state index contributed by atoms with van der Waals surface area (Å²) in [4.78, 5) is 11.9. The molecule has 1 atom stereocenters. The van der Waals surface area contributed by atoms with Crippen molar-refractivity contribution < 1.29 is 4.79 Å². The van der Waals surface area contributed by atoms with Crippen LogP contribution in [0.25, 0.3) is 0 Å². The number of aromatic nitrogens is 2. The number of carbonyl (C=O) groups excluding carboxylic acids is 1. The maximum Gasteiger partial charge on any atom is 0.230 e. The summed E-state index contributed by atoms with van der Waals surface area (Å²) in [7, 11) is 0. The van der Waals surface area contributed by atoms with Gasteiger partial charge < -0.3 is 5.32 Å². The Balaban J connectivity index is 1.88. The second-order valence-electron chi connectivity index (χ2n) is 4.63. The van der Waals surface area contributed by atoms with E-state index in [4.69, 9.17) is 0 Å². The van der Waals surface area contributed by atoms with E-state index in [1.807, 2.05) is 6.92 Å². The number of aryl methyl sites for hydroxylation is 2. The second kappa shape index (κ2) is 6.85. The molecule has 0 fully saturated rings. The smallest absolute Gasteiger partial charge is 0.230 e. The lowest BCUT2D eigenvalue weighted by Crippen LogP contribution is -2.28. The average molecular weight is 307 g/mol. The zero-order valence-corrected chi connectivity index (χ0v) is 13.3. The van der Waals surface area contributed by atoms with Crippen molar-refractivity contribution in [2.75, 3.05) is 5.75 Å². The second-order valence-corrected chi connectivity index (χ2v) is 6.68. The van der Waals surface area contributed by atoms with Gasteiger partial charge in [0.25, 0.3) is 0 Å². The van der Waals surface area contributed by atoms with Crippen molar-refractivity contribution >= 4 is 29.0 Å². The van der Waals surface area contributed by atoms with Crippen LogP contribution in [-0.2, 0) is 4.79 Å². The molecule has 4 nitrogen and oxygen atoms in total. The number of nitrogens with one attached hydrogen (secondary N) is 1. The van der Waals surface area contributed by atoms with Crippen LogP contribution in [0.1, 0.15) is 29.7 Å². The molecule has 0 unspecified atom stereocenters. The van der Waals surface area contributed by atoms with Crippen LogP contribution in [0.2, 0.25) is 0 Å². The van der Waals surface area contributed by atoms with Crippen LogP contribution in [-0.4, -0.2) is 21.9 Å². The lowest BCUT2D eigenvalue weighted by atomic mass is 10.0. The van der Waals surface area contributed by atoms with E-state index >= 15 is 0 Å². The molecule has 1 heterocycles. The summed E-state index contributed by atoms with van der Waals surface area (Å²) >= 11 is 2.86. The molecule has 2 rings (SSSR count). The SMILES string of the molecule is Cc1ccc([C@@H](C)NC(=O)CSc2nncs2)cc1C. The Bertz CT molecular complexity index is 584. The largest absolute Gasteiger partial charge is 0.349 e. The molecule has 1 N–H and O–H groups in total. The molecule has 106 valence electrons. The number of amides is 1. The summed E-state index contributed by atoms with van der Waals surface area (Å²) in [6.45, 7) is 6.16. The highest BCUT2D eigenvalue weighted by molar-refractivity contribution is 8.01. The third-order valence-corrected chi connectivity index (χ3v) is 4.94. The highest BCUT2D eigenvalue weighted by atomic mass is 32.2. The standard InChI is InChI=1S/C14H17N3OS2/c1-9-4-5-12(6-10(9)2)11(3)16-13(18)7-19-14-17-15-8-20-14/h4-6,8,11H,7H2,1-3H3,(H,16,18)/t11-/m1/s1. The molecule has 20 heavy (non-hydrogen) atoms. The van der Waals surface area contributed by atoms with E-state index in [0.29, 0.717) is 5.75 Å². The normalized spacial score (nSPS) is 12.2. The maximum absolute atomic E-state index is 11.9. The van der Waals surface area contributed by atoms with Gasteiger partial charge in [-0.3, -0.25) is 4.79 Å². The first-order valence-corrected chi connectivity index (χ1v) is 8.18. The number of benzene rings is 1. The molecule has 0 saturated carbocycles. The summed E-state index contributed by atoms with van der Waals surface area (Å²) in [6, 6.07) is 6.28. The van der Waals surface area contributed by atoms with Gasteiger partial charge in [0, 0.05) is 0 Å². The fourth-order valence-corrected chi connectivity index (χ4v) is 3.05. The van der Waals surface area contributed by atoms with Gasteiger partial charge >= 0.3 is 0 Å². The number of carbonyl (C=O) groups is 1. The number of hydrogen-bond acceptors (Lipinski definition) is 5. The molecule has 1 amide bonds. The molecular formula is C14H17N3OS2. The van der Waals surface area contributed by atoms with Crippen LogP contribution < -0.4 is 5.32 Å². The van der Waals surface area contributed by atoms with Crippen LogP contribution in [0, 0.1) is 13.8 Å². The molecule has 0 aliphatic rings. The molecule has 1 aromatic heterocycles. The van der Waals surface area contributed by atoms with Crippen molar-refractivity contribution in [3.05, 3.63) is 40.4 Å². The minimum absolute atomic E-state index is 0.0101. The van der Waals surface area contributed by atoms with Crippen molar-refractivity contribution in [1.82, 2.24) is 15.5 Å². The summed E-state index contributed by atoms with van der Waals surface area (Å²) in [5.74, 6) is 0.376. The first-order valence-electron chi connectivity index (χ1n) is 6.31. The Hall–Kier alpha value is -1.40. The number of nitrogens with zero attached hydrogens (tertiary/aromatic N) is 2. The van der Waals surface area contributed by atoms with E-state index < -0.39 is 0 Å². The Morgan fingerprint density at radius 1 is 1.40 bits per heavy atom. The van der Waals surface area contributed by atoms with E-state index in [1.165, 1.54) is 34.2 Å². The molecule has 0 aliphatic carbocycles. The van der Waals surface area contributed by atoms with E-state index in [9.17, 15) is 4.79 Å². The quantitative estimate of drug-likeness (QED) is 0.862. The highest BCUT2D eigenvalue weighted by Crippen LogP contribution is 2.20. The summed E-state index contributed by atoms with van der Waals surface area (Å²) in [5, 5.41) is 10.6. The lowest BCUT2D eigenvalue weighted by Gasteiger charge is -2.15. The number of hydrogen-bond donors (Lipinski definition) is 1. The predicted molar refractivity (Wildman–Crippen MR) is 83.1 cm³/mol. The topological polar surface area (TPSA) is 54.9 Å². The Morgan fingerprint density at radius 2 is 2.20 bits per heavy atom. The van der Waals surface area contributed by atoms with Crippen molar-refractivity contribution in [2.45, 2.75) is 31.2 Å². The molecule has 0 bridgehead atoms. The van der Waals surface area contributed by atoms with Gasteiger partial charge in [-0.05, 0) is 37.5 Å². The molecule has 1 aromatic carbocycles. The molecule has 0 saturated heterocycles. The third-order valence-electron chi connectivity index (χ3n) is 3.08. The van der Waals surface area contributed by atoms with Crippen molar-refractivity contribution in [3.63, 3.8) is 0 Å². The molecule has 0 radical (unpaired) electrons. The summed E-state index contributed by atoms with van der Waals surface area (Å²) < 4.78 is 0.819. The number of rotatable bonds is 5. The molecule has 0 aliphatic heterocycles. The average Bonchev–Trinajstić information content (AvgIpc) is 2.92. The maximum atomic E-state index is 11.9. The van der Waals surface area contributed by atoms with Crippen molar-refractivity contribution in [3.8, 4) is 0 Å². The van der Waals surface area contributed by atoms with Gasteiger partial charge in [-0.15, -0.1) is 10.2 Å². The van der Waals surface area contributed by atoms with E-state index in [1.54, 1.807) is 5.51 Å². The van der Waals surface area contributed by atoms with Crippen LogP contribution in [0.15, 0.2) is 28.0 Å². The zero-order chi connectivity index (χ0) is 14.5. The van der Waals surface area contributed by atoms with Crippen LogP contribution in [0.4, 0.5) is 0 Å². The first kappa shape index (κ1) is 15.0. The van der Waals surface area contributed by atoms with Gasteiger partial charge in [0.1, 0.15) is 5.51 Å². The van der Waals surface area contributed by atoms with Gasteiger partial charge in [0.15, 0.2) is 4.34 Å². The van der Waals surface area contributed by atoms with Crippen LogP contribution in [0.5, 0.6) is 0 Å². The van der Waals surface area contributed by atoms with Crippen LogP contribution >= 0.6 is 23.1 Å². The first-order chi connectivity index (χ1) is 9.56. The predicted octanol–water partition coefficient (Wildman–Crippen LogP) is 3.12. The monoisotopic (exact) mass is 307 g/mol. The molecule has 0 spiro atoms. The molecular weight excluding hydrogens is 290 g/mol. The highest BCUT2D eigenvalue weighted by Gasteiger charge is 2.11. The minimum atomic E-state index is 0.0101. The van der Waals surface area contributed by atoms with E-state index in [-0.39, 0.29) is 11.9 Å². The molecule has 6 heteroatoms. The third kappa shape index (κ3) is 4.05. The fourth-order valence-electron chi connectivity index (χ4n) is 1.75. The molecule has 2 aromatic rings. The van der Waals surface area contributed by atoms with Gasteiger partial charge in [0.05, 0.1) is 11.8 Å².